The third-order valence-corrected chi connectivity index (χ3v) is 3.42. The summed E-state index contributed by atoms with van der Waals surface area (Å²) in [6, 6.07) is 7.50. The molecule has 0 aliphatic carbocycles. The Kier molecular flexibility index (Phi) is 4.14. The molecule has 20 heavy (non-hydrogen) atoms. The third-order valence-electron chi connectivity index (χ3n) is 3.42. The molecular formula is C16H15F3O. The SMILES string of the molecule is Cc1ccc(CC(O)c2ccc(F)c(F)c2F)cc1C. The van der Waals surface area contributed by atoms with E-state index in [1.807, 2.05) is 32.0 Å². The van der Waals surface area contributed by atoms with Gasteiger partial charge in [-0.3, -0.25) is 0 Å². The zero-order valence-electron chi connectivity index (χ0n) is 11.3. The average Bonchev–Trinajstić information content (AvgIpc) is 2.40. The Morgan fingerprint density at radius 3 is 2.30 bits per heavy atom. The van der Waals surface area contributed by atoms with E-state index in [1.54, 1.807) is 0 Å². The van der Waals surface area contributed by atoms with E-state index in [-0.39, 0.29) is 12.0 Å². The predicted molar refractivity (Wildman–Crippen MR) is 70.9 cm³/mol. The Morgan fingerprint density at radius 2 is 1.65 bits per heavy atom. The number of hydrogen-bond acceptors (Lipinski definition) is 1. The number of aliphatic hydroxyl groups is 1. The van der Waals surface area contributed by atoms with Crippen LogP contribution in [0.25, 0.3) is 0 Å². The lowest BCUT2D eigenvalue weighted by atomic mass is 9.98. The first-order chi connectivity index (χ1) is 9.40. The molecule has 0 amide bonds. The van der Waals surface area contributed by atoms with Crippen molar-refractivity contribution in [2.75, 3.05) is 0 Å². The fourth-order valence-electron chi connectivity index (χ4n) is 2.06. The minimum absolute atomic E-state index is 0.142. The van der Waals surface area contributed by atoms with Crippen LogP contribution in [-0.2, 0) is 6.42 Å². The van der Waals surface area contributed by atoms with Gasteiger partial charge in [-0.15, -0.1) is 0 Å². The van der Waals surface area contributed by atoms with Crippen LogP contribution in [0.2, 0.25) is 0 Å². The highest BCUT2D eigenvalue weighted by molar-refractivity contribution is 5.31. The summed E-state index contributed by atoms with van der Waals surface area (Å²) in [6.07, 6.45) is -1.07. The Bertz CT molecular complexity index is 638. The second-order valence-corrected chi connectivity index (χ2v) is 4.90. The molecule has 1 nitrogen and oxygen atoms in total. The predicted octanol–water partition coefficient (Wildman–Crippen LogP) is 4.00. The third kappa shape index (κ3) is 2.85. The highest BCUT2D eigenvalue weighted by atomic mass is 19.2. The van der Waals surface area contributed by atoms with E-state index >= 15 is 0 Å². The molecule has 1 atom stereocenters. The summed E-state index contributed by atoms with van der Waals surface area (Å²) in [6.45, 7) is 3.90. The molecule has 2 aromatic carbocycles. The summed E-state index contributed by atoms with van der Waals surface area (Å²) in [4.78, 5) is 0. The fraction of sp³-hybridized carbons (Fsp3) is 0.250. The van der Waals surface area contributed by atoms with Crippen molar-refractivity contribution in [3.05, 3.63) is 70.0 Å². The van der Waals surface area contributed by atoms with Crippen LogP contribution in [0.3, 0.4) is 0 Å². The number of rotatable bonds is 3. The molecular weight excluding hydrogens is 265 g/mol. The van der Waals surface area contributed by atoms with Crippen LogP contribution in [-0.4, -0.2) is 5.11 Å². The van der Waals surface area contributed by atoms with Crippen LogP contribution in [0.5, 0.6) is 0 Å². The lowest BCUT2D eigenvalue weighted by Gasteiger charge is -2.13. The second-order valence-electron chi connectivity index (χ2n) is 4.90. The molecule has 4 heteroatoms. The number of hydrogen-bond donors (Lipinski definition) is 1. The quantitative estimate of drug-likeness (QED) is 0.843. The molecule has 0 fully saturated rings. The highest BCUT2D eigenvalue weighted by Gasteiger charge is 2.19. The number of aryl methyl sites for hydroxylation is 2. The van der Waals surface area contributed by atoms with Crippen LogP contribution < -0.4 is 0 Å². The zero-order chi connectivity index (χ0) is 14.9. The first-order valence-corrected chi connectivity index (χ1v) is 6.27. The largest absolute Gasteiger partial charge is 0.388 e. The summed E-state index contributed by atoms with van der Waals surface area (Å²) in [5.41, 5.74) is 2.74. The Hall–Kier alpha value is -1.81. The molecule has 0 aliphatic rings. The van der Waals surface area contributed by atoms with Crippen LogP contribution in [0.1, 0.15) is 28.4 Å². The van der Waals surface area contributed by atoms with E-state index in [9.17, 15) is 18.3 Å². The van der Waals surface area contributed by atoms with Gasteiger partial charge in [-0.25, -0.2) is 13.2 Å². The lowest BCUT2D eigenvalue weighted by molar-refractivity contribution is 0.172. The zero-order valence-corrected chi connectivity index (χ0v) is 11.3. The first-order valence-electron chi connectivity index (χ1n) is 6.27. The Balaban J connectivity index is 2.26. The average molecular weight is 280 g/mol. The van der Waals surface area contributed by atoms with Gasteiger partial charge in [-0.2, -0.15) is 0 Å². The van der Waals surface area contributed by atoms with Gasteiger partial charge in [0.25, 0.3) is 0 Å². The molecule has 0 bridgehead atoms. The van der Waals surface area contributed by atoms with E-state index in [2.05, 4.69) is 0 Å². The number of halogens is 3. The lowest BCUT2D eigenvalue weighted by Crippen LogP contribution is -2.07. The van der Waals surface area contributed by atoms with Crippen LogP contribution >= 0.6 is 0 Å². The minimum Gasteiger partial charge on any atom is -0.388 e. The van der Waals surface area contributed by atoms with Gasteiger partial charge in [0.2, 0.25) is 0 Å². The number of benzene rings is 2. The van der Waals surface area contributed by atoms with Crippen molar-refractivity contribution in [3.8, 4) is 0 Å². The van der Waals surface area contributed by atoms with Crippen LogP contribution in [0.15, 0.2) is 30.3 Å². The van der Waals surface area contributed by atoms with E-state index in [1.165, 1.54) is 0 Å². The molecule has 1 N–H and O–H groups in total. The standard InChI is InChI=1S/C16H15F3O/c1-9-3-4-11(7-10(9)2)8-14(20)12-5-6-13(17)16(19)15(12)18/h3-7,14,20H,8H2,1-2H3. The van der Waals surface area contributed by atoms with Crippen molar-refractivity contribution in [1.82, 2.24) is 0 Å². The van der Waals surface area contributed by atoms with E-state index in [4.69, 9.17) is 0 Å². The van der Waals surface area contributed by atoms with E-state index in [0.717, 1.165) is 28.8 Å². The van der Waals surface area contributed by atoms with Crippen molar-refractivity contribution in [2.45, 2.75) is 26.4 Å². The molecule has 106 valence electrons. The van der Waals surface area contributed by atoms with Gasteiger partial charge in [0.15, 0.2) is 17.5 Å². The molecule has 0 saturated carbocycles. The van der Waals surface area contributed by atoms with Crippen molar-refractivity contribution < 1.29 is 18.3 Å². The summed E-state index contributed by atoms with van der Waals surface area (Å²) in [5.74, 6) is -4.15. The second kappa shape index (κ2) is 5.67. The van der Waals surface area contributed by atoms with Gasteiger partial charge < -0.3 is 5.11 Å². The molecule has 2 aromatic rings. The van der Waals surface area contributed by atoms with Gasteiger partial charge in [-0.05, 0) is 36.6 Å². The van der Waals surface area contributed by atoms with Gasteiger partial charge in [0.05, 0.1) is 6.10 Å². The van der Waals surface area contributed by atoms with Crippen molar-refractivity contribution in [2.24, 2.45) is 0 Å². The van der Waals surface area contributed by atoms with Crippen molar-refractivity contribution in [1.29, 1.82) is 0 Å². The maximum Gasteiger partial charge on any atom is 0.194 e. The molecule has 0 spiro atoms. The summed E-state index contributed by atoms with van der Waals surface area (Å²) in [5, 5.41) is 10.0. The maximum absolute atomic E-state index is 13.6. The molecule has 0 saturated heterocycles. The molecule has 2 rings (SSSR count). The van der Waals surface area contributed by atoms with E-state index in [0.29, 0.717) is 0 Å². The summed E-state index contributed by atoms with van der Waals surface area (Å²) >= 11 is 0. The minimum atomic E-state index is -1.55. The van der Waals surface area contributed by atoms with Gasteiger partial charge in [0, 0.05) is 12.0 Å². The Morgan fingerprint density at radius 1 is 0.950 bits per heavy atom. The summed E-state index contributed by atoms with van der Waals surface area (Å²) in [7, 11) is 0. The fourth-order valence-corrected chi connectivity index (χ4v) is 2.06. The van der Waals surface area contributed by atoms with Crippen LogP contribution in [0, 0.1) is 31.3 Å². The van der Waals surface area contributed by atoms with Crippen LogP contribution in [0.4, 0.5) is 13.2 Å². The van der Waals surface area contributed by atoms with Gasteiger partial charge >= 0.3 is 0 Å². The molecule has 1 unspecified atom stereocenters. The highest BCUT2D eigenvalue weighted by Crippen LogP contribution is 2.25. The smallest absolute Gasteiger partial charge is 0.194 e. The molecule has 0 aromatic heterocycles. The Labute approximate surface area is 115 Å². The molecule has 0 aliphatic heterocycles. The maximum atomic E-state index is 13.6. The van der Waals surface area contributed by atoms with Gasteiger partial charge in [-0.1, -0.05) is 24.3 Å². The van der Waals surface area contributed by atoms with E-state index < -0.39 is 23.6 Å². The van der Waals surface area contributed by atoms with Crippen molar-refractivity contribution >= 4 is 0 Å². The normalized spacial score (nSPS) is 12.5. The molecule has 0 heterocycles. The first kappa shape index (κ1) is 14.6. The summed E-state index contributed by atoms with van der Waals surface area (Å²) < 4.78 is 39.6. The number of aliphatic hydroxyl groups excluding tert-OH is 1. The monoisotopic (exact) mass is 280 g/mol. The topological polar surface area (TPSA) is 20.2 Å². The van der Waals surface area contributed by atoms with Crippen molar-refractivity contribution in [3.63, 3.8) is 0 Å². The van der Waals surface area contributed by atoms with Gasteiger partial charge in [0.1, 0.15) is 0 Å². The molecule has 0 radical (unpaired) electrons.